The first-order valence-corrected chi connectivity index (χ1v) is 9.66. The fraction of sp³-hybridized carbons (Fsp3) is 0.250. The van der Waals surface area contributed by atoms with Crippen molar-refractivity contribution in [2.45, 2.75) is 23.8 Å². The molecule has 1 aliphatic heterocycles. The van der Waals surface area contributed by atoms with Crippen LogP contribution in [0, 0.1) is 0 Å². The van der Waals surface area contributed by atoms with Crippen LogP contribution < -0.4 is 9.64 Å². The van der Waals surface area contributed by atoms with E-state index in [9.17, 15) is 4.79 Å². The minimum atomic E-state index is -0.268. The van der Waals surface area contributed by atoms with Crippen LogP contribution in [0.3, 0.4) is 0 Å². The third kappa shape index (κ3) is 3.55. The number of hydrogen-bond donors (Lipinski definition) is 1. The van der Waals surface area contributed by atoms with Gasteiger partial charge in [0.15, 0.2) is 5.82 Å². The monoisotopic (exact) mass is 380 g/mol. The lowest BCUT2D eigenvalue weighted by Crippen LogP contribution is -2.35. The third-order valence-corrected chi connectivity index (χ3v) is 5.56. The first-order valence-electron chi connectivity index (χ1n) is 8.78. The average Bonchev–Trinajstić information content (AvgIpc) is 3.34. The molecule has 6 nitrogen and oxygen atoms in total. The number of para-hydroxylation sites is 1. The number of fused-ring (bicyclic) bond motifs is 1. The molecule has 27 heavy (non-hydrogen) atoms. The number of anilines is 1. The lowest BCUT2D eigenvalue weighted by atomic mass is 10.2. The molecular weight excluding hydrogens is 360 g/mol. The molecule has 1 N–H and O–H groups in total. The van der Waals surface area contributed by atoms with Gasteiger partial charge in [0.2, 0.25) is 11.1 Å². The van der Waals surface area contributed by atoms with Crippen molar-refractivity contribution in [3.63, 3.8) is 0 Å². The van der Waals surface area contributed by atoms with Gasteiger partial charge in [0.1, 0.15) is 5.75 Å². The van der Waals surface area contributed by atoms with Gasteiger partial charge in [-0.3, -0.25) is 9.89 Å². The molecule has 4 rings (SSSR count). The van der Waals surface area contributed by atoms with Crippen LogP contribution in [0.2, 0.25) is 0 Å². The van der Waals surface area contributed by atoms with Crippen molar-refractivity contribution in [2.75, 3.05) is 18.6 Å². The molecule has 0 bridgehead atoms. The van der Waals surface area contributed by atoms with Crippen LogP contribution in [0.15, 0.2) is 53.7 Å². The number of nitrogens with one attached hydrogen (secondary N) is 1. The van der Waals surface area contributed by atoms with Crippen LogP contribution >= 0.6 is 11.8 Å². The minimum Gasteiger partial charge on any atom is -0.497 e. The van der Waals surface area contributed by atoms with Gasteiger partial charge in [-0.2, -0.15) is 0 Å². The van der Waals surface area contributed by atoms with Crippen molar-refractivity contribution in [2.24, 2.45) is 0 Å². The molecule has 0 saturated heterocycles. The molecule has 0 spiro atoms. The number of aromatic nitrogens is 3. The Balaban J connectivity index is 1.45. The van der Waals surface area contributed by atoms with E-state index in [0.29, 0.717) is 11.0 Å². The highest BCUT2D eigenvalue weighted by Crippen LogP contribution is 2.31. The second kappa shape index (κ2) is 7.44. The van der Waals surface area contributed by atoms with Crippen molar-refractivity contribution in [3.05, 3.63) is 54.1 Å². The molecule has 0 saturated carbocycles. The molecule has 0 aliphatic carbocycles. The van der Waals surface area contributed by atoms with Crippen molar-refractivity contribution in [1.82, 2.24) is 15.2 Å². The quantitative estimate of drug-likeness (QED) is 0.686. The second-order valence-electron chi connectivity index (χ2n) is 6.32. The van der Waals surface area contributed by atoms with E-state index < -0.39 is 0 Å². The summed E-state index contributed by atoms with van der Waals surface area (Å²) in [5.74, 6) is 1.55. The zero-order valence-electron chi connectivity index (χ0n) is 15.2. The summed E-state index contributed by atoms with van der Waals surface area (Å²) in [5.41, 5.74) is 3.16. The number of amides is 1. The standard InChI is InChI=1S/C20H20N4O2S/c1-13(19(25)24-12-11-14-5-3-4-6-17(14)24)27-20-21-18(22-23-20)15-7-9-16(26-2)10-8-15/h3-10,13H,11-12H2,1-2H3,(H,21,22,23)/t13-/m0/s1. The number of thioether (sulfide) groups is 1. The molecule has 2 heterocycles. The van der Waals surface area contributed by atoms with E-state index in [1.807, 2.05) is 54.3 Å². The van der Waals surface area contributed by atoms with Gasteiger partial charge in [0.05, 0.1) is 12.4 Å². The van der Waals surface area contributed by atoms with Crippen molar-refractivity contribution >= 4 is 23.4 Å². The van der Waals surface area contributed by atoms with Crippen molar-refractivity contribution < 1.29 is 9.53 Å². The Hall–Kier alpha value is -2.80. The number of carbonyl (C=O) groups is 1. The number of nitrogens with zero attached hydrogens (tertiary/aromatic N) is 3. The fourth-order valence-corrected chi connectivity index (χ4v) is 3.96. The highest BCUT2D eigenvalue weighted by molar-refractivity contribution is 8.00. The van der Waals surface area contributed by atoms with E-state index in [2.05, 4.69) is 21.2 Å². The summed E-state index contributed by atoms with van der Waals surface area (Å²) in [6.07, 6.45) is 0.904. The Morgan fingerprint density at radius 2 is 2.00 bits per heavy atom. The maximum Gasteiger partial charge on any atom is 0.240 e. The van der Waals surface area contributed by atoms with Crippen LogP contribution in [0.4, 0.5) is 5.69 Å². The number of methoxy groups -OCH3 is 1. The Labute approximate surface area is 162 Å². The lowest BCUT2D eigenvalue weighted by Gasteiger charge is -2.20. The van der Waals surface area contributed by atoms with E-state index >= 15 is 0 Å². The topological polar surface area (TPSA) is 71.1 Å². The smallest absolute Gasteiger partial charge is 0.240 e. The van der Waals surface area contributed by atoms with Gasteiger partial charge in [-0.05, 0) is 49.2 Å². The maximum absolute atomic E-state index is 12.9. The van der Waals surface area contributed by atoms with E-state index in [1.54, 1.807) is 7.11 Å². The van der Waals surface area contributed by atoms with E-state index in [4.69, 9.17) is 4.74 Å². The maximum atomic E-state index is 12.9. The summed E-state index contributed by atoms with van der Waals surface area (Å²) in [6, 6.07) is 15.7. The summed E-state index contributed by atoms with van der Waals surface area (Å²) in [4.78, 5) is 19.3. The number of ether oxygens (including phenoxy) is 1. The molecule has 1 amide bonds. The first-order chi connectivity index (χ1) is 13.2. The normalized spacial score (nSPS) is 14.1. The average molecular weight is 380 g/mol. The zero-order valence-corrected chi connectivity index (χ0v) is 16.0. The Morgan fingerprint density at radius 1 is 1.22 bits per heavy atom. The molecule has 1 atom stereocenters. The van der Waals surface area contributed by atoms with Gasteiger partial charge in [0.25, 0.3) is 0 Å². The highest BCUT2D eigenvalue weighted by atomic mass is 32.2. The van der Waals surface area contributed by atoms with Crippen molar-refractivity contribution in [1.29, 1.82) is 0 Å². The molecule has 2 aromatic carbocycles. The van der Waals surface area contributed by atoms with Crippen LogP contribution in [0.1, 0.15) is 12.5 Å². The third-order valence-electron chi connectivity index (χ3n) is 4.61. The van der Waals surface area contributed by atoms with Gasteiger partial charge < -0.3 is 9.64 Å². The number of carbonyl (C=O) groups excluding carboxylic acids is 1. The number of aromatic amines is 1. The van der Waals surface area contributed by atoms with E-state index in [0.717, 1.165) is 30.0 Å². The number of H-pyrrole nitrogens is 1. The van der Waals surface area contributed by atoms with E-state index in [-0.39, 0.29) is 11.2 Å². The lowest BCUT2D eigenvalue weighted by molar-refractivity contribution is -0.117. The molecule has 0 unspecified atom stereocenters. The summed E-state index contributed by atoms with van der Waals surface area (Å²) < 4.78 is 5.17. The zero-order chi connectivity index (χ0) is 18.8. The van der Waals surface area contributed by atoms with Gasteiger partial charge in [-0.15, -0.1) is 5.10 Å². The number of hydrogen-bond acceptors (Lipinski definition) is 5. The number of benzene rings is 2. The summed E-state index contributed by atoms with van der Waals surface area (Å²) in [7, 11) is 1.63. The Morgan fingerprint density at radius 3 is 2.78 bits per heavy atom. The Bertz CT molecular complexity index is 955. The second-order valence-corrected chi connectivity index (χ2v) is 7.63. The molecule has 7 heteroatoms. The Kier molecular flexibility index (Phi) is 4.85. The molecule has 1 aromatic heterocycles. The first kappa shape index (κ1) is 17.6. The summed E-state index contributed by atoms with van der Waals surface area (Å²) in [6.45, 7) is 2.63. The van der Waals surface area contributed by atoms with Crippen molar-refractivity contribution in [3.8, 4) is 17.1 Å². The van der Waals surface area contributed by atoms with Gasteiger partial charge in [-0.1, -0.05) is 30.0 Å². The summed E-state index contributed by atoms with van der Waals surface area (Å²) in [5, 5.41) is 7.49. The number of rotatable bonds is 5. The predicted molar refractivity (Wildman–Crippen MR) is 106 cm³/mol. The van der Waals surface area contributed by atoms with E-state index in [1.165, 1.54) is 17.3 Å². The molecule has 0 fully saturated rings. The fourth-order valence-electron chi connectivity index (χ4n) is 3.17. The van der Waals surface area contributed by atoms with Gasteiger partial charge >= 0.3 is 0 Å². The largest absolute Gasteiger partial charge is 0.497 e. The SMILES string of the molecule is COc1ccc(-c2nc(S[C@@H](C)C(=O)N3CCc4ccccc43)n[nH]2)cc1. The molecular formula is C20H20N4O2S. The molecule has 0 radical (unpaired) electrons. The van der Waals surface area contributed by atoms with Crippen LogP contribution in [0.5, 0.6) is 5.75 Å². The summed E-state index contributed by atoms with van der Waals surface area (Å²) >= 11 is 1.37. The van der Waals surface area contributed by atoms with Crippen LogP contribution in [-0.2, 0) is 11.2 Å². The highest BCUT2D eigenvalue weighted by Gasteiger charge is 2.29. The van der Waals surface area contributed by atoms with Crippen LogP contribution in [-0.4, -0.2) is 40.0 Å². The van der Waals surface area contributed by atoms with Gasteiger partial charge in [-0.25, -0.2) is 4.98 Å². The predicted octanol–water partition coefficient (Wildman–Crippen LogP) is 3.55. The van der Waals surface area contributed by atoms with Gasteiger partial charge in [0, 0.05) is 17.8 Å². The van der Waals surface area contributed by atoms with Crippen LogP contribution in [0.25, 0.3) is 11.4 Å². The molecule has 3 aromatic rings. The molecule has 1 aliphatic rings. The minimum absolute atomic E-state index is 0.0840. The molecule has 138 valence electrons.